The van der Waals surface area contributed by atoms with Gasteiger partial charge in [-0.2, -0.15) is 0 Å². The van der Waals surface area contributed by atoms with Crippen LogP contribution in [0.25, 0.3) is 10.2 Å². The van der Waals surface area contributed by atoms with Gasteiger partial charge in [0.15, 0.2) is 16.6 Å². The number of anilines is 1. The van der Waals surface area contributed by atoms with Crippen LogP contribution in [0.4, 0.5) is 5.13 Å². The fraction of sp³-hybridized carbons (Fsp3) is 0.300. The summed E-state index contributed by atoms with van der Waals surface area (Å²) in [5.74, 6) is 1.36. The highest BCUT2D eigenvalue weighted by molar-refractivity contribution is 7.22. The largest absolute Gasteiger partial charge is 0.493 e. The number of benzene rings is 2. The summed E-state index contributed by atoms with van der Waals surface area (Å²) in [6.07, 6.45) is 0. The van der Waals surface area contributed by atoms with Gasteiger partial charge in [0.1, 0.15) is 5.52 Å². The van der Waals surface area contributed by atoms with Crippen LogP contribution in [0.2, 0.25) is 5.02 Å². The summed E-state index contributed by atoms with van der Waals surface area (Å²) in [7, 11) is 3.24. The van der Waals surface area contributed by atoms with Crippen molar-refractivity contribution in [2.75, 3.05) is 45.3 Å². The van der Waals surface area contributed by atoms with Crippen LogP contribution in [0.3, 0.4) is 0 Å². The third kappa shape index (κ3) is 3.47. The molecular formula is C20H20ClN3O3S. The Morgan fingerprint density at radius 2 is 1.75 bits per heavy atom. The molecule has 1 aliphatic rings. The van der Waals surface area contributed by atoms with Crippen LogP contribution in [0.15, 0.2) is 36.4 Å². The number of amides is 1. The molecule has 4 rings (SSSR count). The second-order valence-corrected chi connectivity index (χ2v) is 7.88. The van der Waals surface area contributed by atoms with Gasteiger partial charge in [0.25, 0.3) is 5.91 Å². The summed E-state index contributed by atoms with van der Waals surface area (Å²) in [6.45, 7) is 2.77. The first-order valence-corrected chi connectivity index (χ1v) is 10.1. The van der Waals surface area contributed by atoms with Crippen LogP contribution in [-0.4, -0.2) is 56.2 Å². The Hall–Kier alpha value is -2.51. The minimum Gasteiger partial charge on any atom is -0.493 e. The molecule has 0 atom stereocenters. The predicted octanol–water partition coefficient (Wildman–Crippen LogP) is 3.93. The molecule has 1 aromatic heterocycles. The van der Waals surface area contributed by atoms with Crippen LogP contribution in [0.1, 0.15) is 10.4 Å². The Morgan fingerprint density at radius 3 is 2.39 bits per heavy atom. The molecule has 1 fully saturated rings. The van der Waals surface area contributed by atoms with Crippen molar-refractivity contribution in [2.24, 2.45) is 0 Å². The standard InChI is InChI=1S/C20H20ClN3O3S/c1-26-15-7-8-16-17(18(15)27-2)22-20(28-16)24-11-9-23(10-12-24)19(25)13-3-5-14(21)6-4-13/h3-8H,9-12H2,1-2H3. The van der Waals surface area contributed by atoms with Gasteiger partial charge in [-0.05, 0) is 36.4 Å². The fourth-order valence-corrected chi connectivity index (χ4v) is 4.45. The summed E-state index contributed by atoms with van der Waals surface area (Å²) >= 11 is 7.53. The lowest BCUT2D eigenvalue weighted by atomic mass is 10.2. The van der Waals surface area contributed by atoms with E-state index in [4.69, 9.17) is 26.1 Å². The lowest BCUT2D eigenvalue weighted by molar-refractivity contribution is 0.0747. The molecule has 0 bridgehead atoms. The van der Waals surface area contributed by atoms with E-state index in [1.807, 2.05) is 17.0 Å². The molecule has 146 valence electrons. The van der Waals surface area contributed by atoms with E-state index in [1.54, 1.807) is 49.8 Å². The zero-order valence-electron chi connectivity index (χ0n) is 15.6. The highest BCUT2D eigenvalue weighted by Crippen LogP contribution is 2.40. The van der Waals surface area contributed by atoms with Crippen molar-refractivity contribution in [2.45, 2.75) is 0 Å². The quantitative estimate of drug-likeness (QED) is 0.643. The van der Waals surface area contributed by atoms with E-state index in [9.17, 15) is 4.79 Å². The minimum absolute atomic E-state index is 0.0343. The van der Waals surface area contributed by atoms with Gasteiger partial charge >= 0.3 is 0 Å². The van der Waals surface area contributed by atoms with E-state index in [0.717, 1.165) is 28.4 Å². The minimum atomic E-state index is 0.0343. The Balaban J connectivity index is 1.49. The van der Waals surface area contributed by atoms with Crippen LogP contribution in [0.5, 0.6) is 11.5 Å². The first-order valence-electron chi connectivity index (χ1n) is 8.92. The molecule has 8 heteroatoms. The first kappa shape index (κ1) is 18.8. The molecule has 2 aromatic carbocycles. The molecule has 3 aromatic rings. The number of nitrogens with zero attached hydrogens (tertiary/aromatic N) is 3. The average molecular weight is 418 g/mol. The van der Waals surface area contributed by atoms with Gasteiger partial charge in [-0.3, -0.25) is 4.79 Å². The van der Waals surface area contributed by atoms with Crippen LogP contribution in [0, 0.1) is 0 Å². The summed E-state index contributed by atoms with van der Waals surface area (Å²) in [4.78, 5) is 21.5. The maximum absolute atomic E-state index is 12.7. The first-order chi connectivity index (χ1) is 13.6. The highest BCUT2D eigenvalue weighted by atomic mass is 35.5. The Kier molecular flexibility index (Phi) is 5.28. The van der Waals surface area contributed by atoms with Crippen molar-refractivity contribution in [3.63, 3.8) is 0 Å². The van der Waals surface area contributed by atoms with Gasteiger partial charge in [-0.25, -0.2) is 4.98 Å². The van der Waals surface area contributed by atoms with E-state index in [0.29, 0.717) is 35.2 Å². The third-order valence-electron chi connectivity index (χ3n) is 4.82. The van der Waals surface area contributed by atoms with Gasteiger partial charge in [0.2, 0.25) is 0 Å². The number of piperazine rings is 1. The molecule has 6 nitrogen and oxygen atoms in total. The molecule has 1 aliphatic heterocycles. The maximum atomic E-state index is 12.7. The number of thiazole rings is 1. The SMILES string of the molecule is COc1ccc2sc(N3CCN(C(=O)c4ccc(Cl)cc4)CC3)nc2c1OC. The lowest BCUT2D eigenvalue weighted by Crippen LogP contribution is -2.48. The van der Waals surface area contributed by atoms with Crippen molar-refractivity contribution in [3.05, 3.63) is 47.0 Å². The van der Waals surface area contributed by atoms with Crippen molar-refractivity contribution in [1.82, 2.24) is 9.88 Å². The van der Waals surface area contributed by atoms with Gasteiger partial charge < -0.3 is 19.3 Å². The molecule has 0 aliphatic carbocycles. The molecule has 1 saturated heterocycles. The van der Waals surface area contributed by atoms with Crippen molar-refractivity contribution in [3.8, 4) is 11.5 Å². The molecule has 28 heavy (non-hydrogen) atoms. The molecule has 0 unspecified atom stereocenters. The zero-order valence-corrected chi connectivity index (χ0v) is 17.2. The number of rotatable bonds is 4. The Labute approximate surface area is 172 Å². The molecule has 0 spiro atoms. The van der Waals surface area contributed by atoms with E-state index >= 15 is 0 Å². The Morgan fingerprint density at radius 1 is 1.04 bits per heavy atom. The zero-order chi connectivity index (χ0) is 19.7. The van der Waals surface area contributed by atoms with Gasteiger partial charge in [-0.15, -0.1) is 0 Å². The summed E-state index contributed by atoms with van der Waals surface area (Å²) in [6, 6.07) is 10.9. The number of hydrogen-bond acceptors (Lipinski definition) is 6. The van der Waals surface area contributed by atoms with Gasteiger partial charge in [0.05, 0.1) is 18.9 Å². The number of aromatic nitrogens is 1. The van der Waals surface area contributed by atoms with Crippen molar-refractivity contribution >= 4 is 44.2 Å². The van der Waals surface area contributed by atoms with Crippen LogP contribution in [-0.2, 0) is 0 Å². The van der Waals surface area contributed by atoms with Crippen LogP contribution >= 0.6 is 22.9 Å². The van der Waals surface area contributed by atoms with Gasteiger partial charge in [0, 0.05) is 36.8 Å². The van der Waals surface area contributed by atoms with E-state index in [-0.39, 0.29) is 5.91 Å². The number of carbonyl (C=O) groups excluding carboxylic acids is 1. The van der Waals surface area contributed by atoms with E-state index in [2.05, 4.69) is 4.90 Å². The lowest BCUT2D eigenvalue weighted by Gasteiger charge is -2.34. The van der Waals surface area contributed by atoms with Crippen molar-refractivity contribution < 1.29 is 14.3 Å². The maximum Gasteiger partial charge on any atom is 0.253 e. The van der Waals surface area contributed by atoms with E-state index in [1.165, 1.54) is 0 Å². The number of ether oxygens (including phenoxy) is 2. The predicted molar refractivity (Wildman–Crippen MR) is 112 cm³/mol. The molecule has 0 N–H and O–H groups in total. The fourth-order valence-electron chi connectivity index (χ4n) is 3.31. The Bertz CT molecular complexity index is 998. The topological polar surface area (TPSA) is 54.9 Å². The van der Waals surface area contributed by atoms with Crippen molar-refractivity contribution in [1.29, 1.82) is 0 Å². The number of methoxy groups -OCH3 is 2. The monoisotopic (exact) mass is 417 g/mol. The molecule has 0 radical (unpaired) electrons. The number of halogens is 1. The number of fused-ring (bicyclic) bond motifs is 1. The van der Waals surface area contributed by atoms with Gasteiger partial charge in [-0.1, -0.05) is 22.9 Å². The second kappa shape index (κ2) is 7.85. The molecular weight excluding hydrogens is 398 g/mol. The molecule has 0 saturated carbocycles. The van der Waals surface area contributed by atoms with E-state index < -0.39 is 0 Å². The normalized spacial score (nSPS) is 14.4. The third-order valence-corrected chi connectivity index (χ3v) is 6.15. The van der Waals surface area contributed by atoms with Crippen LogP contribution < -0.4 is 14.4 Å². The smallest absolute Gasteiger partial charge is 0.253 e. The molecule has 1 amide bonds. The number of carbonyl (C=O) groups is 1. The number of hydrogen-bond donors (Lipinski definition) is 0. The molecule has 2 heterocycles. The average Bonchev–Trinajstić information content (AvgIpc) is 3.17. The highest BCUT2D eigenvalue weighted by Gasteiger charge is 2.25. The summed E-state index contributed by atoms with van der Waals surface area (Å²) < 4.78 is 11.9. The summed E-state index contributed by atoms with van der Waals surface area (Å²) in [5, 5.41) is 1.56. The second-order valence-electron chi connectivity index (χ2n) is 6.43. The summed E-state index contributed by atoms with van der Waals surface area (Å²) in [5.41, 5.74) is 1.47.